The standard InChI is InChI=1S/C12H10N2O4/c15-13-8-4-2-6-10-11(8)7-3-1-5-9(14(16)17)12(7)18-10/h1,3,5,15H,2,4,6H2. The molecule has 18 heavy (non-hydrogen) atoms. The number of benzene rings is 1. The van der Waals surface area contributed by atoms with E-state index in [0.717, 1.165) is 6.42 Å². The number of nitrogens with zero attached hydrogens (tertiary/aromatic N) is 2. The third-order valence-corrected chi connectivity index (χ3v) is 3.19. The maximum Gasteiger partial charge on any atom is 0.312 e. The third kappa shape index (κ3) is 1.38. The van der Waals surface area contributed by atoms with Gasteiger partial charge in [0, 0.05) is 23.4 Å². The summed E-state index contributed by atoms with van der Waals surface area (Å²) in [6, 6.07) is 4.77. The van der Waals surface area contributed by atoms with Crippen LogP contribution >= 0.6 is 0 Å². The Kier molecular flexibility index (Phi) is 2.29. The summed E-state index contributed by atoms with van der Waals surface area (Å²) in [5.41, 5.74) is 1.45. The third-order valence-electron chi connectivity index (χ3n) is 3.19. The highest BCUT2D eigenvalue weighted by atomic mass is 16.6. The van der Waals surface area contributed by atoms with Crippen LogP contribution in [0, 0.1) is 10.1 Å². The second-order valence-electron chi connectivity index (χ2n) is 4.21. The summed E-state index contributed by atoms with van der Waals surface area (Å²) in [4.78, 5) is 10.5. The van der Waals surface area contributed by atoms with Gasteiger partial charge >= 0.3 is 5.69 Å². The lowest BCUT2D eigenvalue weighted by Gasteiger charge is -2.10. The Hall–Kier alpha value is -2.37. The molecule has 0 fully saturated rings. The van der Waals surface area contributed by atoms with Crippen LogP contribution in [-0.2, 0) is 6.42 Å². The first-order valence-electron chi connectivity index (χ1n) is 5.62. The van der Waals surface area contributed by atoms with Crippen molar-refractivity contribution in [2.24, 2.45) is 5.16 Å². The van der Waals surface area contributed by atoms with Crippen molar-refractivity contribution in [1.29, 1.82) is 0 Å². The quantitative estimate of drug-likeness (QED) is 0.476. The zero-order valence-electron chi connectivity index (χ0n) is 9.42. The summed E-state index contributed by atoms with van der Waals surface area (Å²) in [6.45, 7) is 0. The van der Waals surface area contributed by atoms with Crippen LogP contribution in [0.1, 0.15) is 24.2 Å². The van der Waals surface area contributed by atoms with Crippen LogP contribution in [-0.4, -0.2) is 15.8 Å². The monoisotopic (exact) mass is 246 g/mol. The zero-order chi connectivity index (χ0) is 12.7. The van der Waals surface area contributed by atoms with Crippen molar-refractivity contribution in [2.45, 2.75) is 19.3 Å². The van der Waals surface area contributed by atoms with Gasteiger partial charge in [-0.15, -0.1) is 0 Å². The Balaban J connectivity index is 2.37. The van der Waals surface area contributed by atoms with Gasteiger partial charge in [-0.1, -0.05) is 11.2 Å². The lowest BCUT2D eigenvalue weighted by molar-refractivity contribution is -0.383. The molecule has 0 atom stereocenters. The van der Waals surface area contributed by atoms with Crippen molar-refractivity contribution in [1.82, 2.24) is 0 Å². The van der Waals surface area contributed by atoms with E-state index in [4.69, 9.17) is 9.62 Å². The second-order valence-corrected chi connectivity index (χ2v) is 4.21. The van der Waals surface area contributed by atoms with Crippen molar-refractivity contribution < 1.29 is 14.5 Å². The van der Waals surface area contributed by atoms with E-state index >= 15 is 0 Å². The number of nitro benzene ring substituents is 1. The summed E-state index contributed by atoms with van der Waals surface area (Å²) < 4.78 is 5.58. The predicted molar refractivity (Wildman–Crippen MR) is 64.1 cm³/mol. The molecule has 0 aliphatic heterocycles. The van der Waals surface area contributed by atoms with Crippen molar-refractivity contribution in [3.8, 4) is 0 Å². The van der Waals surface area contributed by atoms with Gasteiger partial charge in [0.05, 0.1) is 10.6 Å². The van der Waals surface area contributed by atoms with E-state index in [0.29, 0.717) is 35.3 Å². The van der Waals surface area contributed by atoms with E-state index in [1.54, 1.807) is 12.1 Å². The summed E-state index contributed by atoms with van der Waals surface area (Å²) in [5, 5.41) is 23.9. The van der Waals surface area contributed by atoms with Crippen LogP contribution in [0.25, 0.3) is 11.0 Å². The molecule has 1 aliphatic rings. The fourth-order valence-corrected chi connectivity index (χ4v) is 2.43. The Morgan fingerprint density at radius 2 is 2.22 bits per heavy atom. The summed E-state index contributed by atoms with van der Waals surface area (Å²) in [7, 11) is 0. The topological polar surface area (TPSA) is 88.9 Å². The number of hydrogen-bond acceptors (Lipinski definition) is 5. The summed E-state index contributed by atoms with van der Waals surface area (Å²) >= 11 is 0. The minimum Gasteiger partial charge on any atom is -0.453 e. The van der Waals surface area contributed by atoms with E-state index in [2.05, 4.69) is 5.16 Å². The SMILES string of the molecule is O=[N+]([O-])c1cccc2c3c(oc12)CCCC3=NO. The predicted octanol–water partition coefficient (Wildman–Crippen LogP) is 2.86. The summed E-state index contributed by atoms with van der Waals surface area (Å²) in [6.07, 6.45) is 2.18. The first-order chi connectivity index (χ1) is 8.72. The highest BCUT2D eigenvalue weighted by Crippen LogP contribution is 2.36. The molecule has 92 valence electrons. The van der Waals surface area contributed by atoms with Crippen molar-refractivity contribution in [2.75, 3.05) is 0 Å². The number of hydrogen-bond donors (Lipinski definition) is 1. The van der Waals surface area contributed by atoms with Gasteiger partial charge in [-0.25, -0.2) is 0 Å². The van der Waals surface area contributed by atoms with Gasteiger partial charge in [0.1, 0.15) is 5.76 Å². The van der Waals surface area contributed by atoms with E-state index < -0.39 is 4.92 Å². The molecule has 0 bridgehead atoms. The minimum atomic E-state index is -0.465. The van der Waals surface area contributed by atoms with Crippen LogP contribution in [0.5, 0.6) is 0 Å². The van der Waals surface area contributed by atoms with Crippen molar-refractivity contribution >= 4 is 22.4 Å². The van der Waals surface area contributed by atoms with Crippen molar-refractivity contribution in [3.05, 3.63) is 39.6 Å². The van der Waals surface area contributed by atoms with E-state index in [-0.39, 0.29) is 11.3 Å². The van der Waals surface area contributed by atoms with Crippen LogP contribution in [0.3, 0.4) is 0 Å². The van der Waals surface area contributed by atoms with Gasteiger partial charge in [0.2, 0.25) is 5.58 Å². The fraction of sp³-hybridized carbons (Fsp3) is 0.250. The largest absolute Gasteiger partial charge is 0.453 e. The van der Waals surface area contributed by atoms with Gasteiger partial charge in [-0.2, -0.15) is 0 Å². The molecule has 1 aromatic carbocycles. The molecule has 3 rings (SSSR count). The maximum atomic E-state index is 10.9. The number of oxime groups is 1. The highest BCUT2D eigenvalue weighted by molar-refractivity contribution is 6.12. The van der Waals surface area contributed by atoms with Crippen LogP contribution < -0.4 is 0 Å². The first-order valence-corrected chi connectivity index (χ1v) is 5.62. The number of non-ortho nitro benzene ring substituents is 1. The lowest BCUT2D eigenvalue weighted by atomic mass is 9.94. The van der Waals surface area contributed by atoms with Crippen LogP contribution in [0.2, 0.25) is 0 Å². The molecule has 0 amide bonds. The molecule has 0 unspecified atom stereocenters. The fourth-order valence-electron chi connectivity index (χ4n) is 2.43. The van der Waals surface area contributed by atoms with E-state index in [1.807, 2.05) is 0 Å². The number of furan rings is 1. The smallest absolute Gasteiger partial charge is 0.312 e. The van der Waals surface area contributed by atoms with E-state index in [1.165, 1.54) is 6.07 Å². The Morgan fingerprint density at radius 1 is 1.39 bits per heavy atom. The first kappa shape index (κ1) is 10.8. The number of para-hydroxylation sites is 1. The number of fused-ring (bicyclic) bond motifs is 3. The lowest BCUT2D eigenvalue weighted by Crippen LogP contribution is -2.09. The zero-order valence-corrected chi connectivity index (χ0v) is 9.42. The molecular weight excluding hydrogens is 236 g/mol. The van der Waals surface area contributed by atoms with Crippen molar-refractivity contribution in [3.63, 3.8) is 0 Å². The minimum absolute atomic E-state index is 0.0563. The molecule has 0 radical (unpaired) electrons. The number of aryl methyl sites for hydroxylation is 1. The molecule has 6 nitrogen and oxygen atoms in total. The van der Waals surface area contributed by atoms with E-state index in [9.17, 15) is 10.1 Å². The normalized spacial score (nSPS) is 17.0. The van der Waals surface area contributed by atoms with Gasteiger partial charge in [-0.05, 0) is 18.9 Å². The Labute approximate surface area is 102 Å². The average Bonchev–Trinajstić information content (AvgIpc) is 2.76. The van der Waals surface area contributed by atoms with Crippen LogP contribution in [0.4, 0.5) is 5.69 Å². The Morgan fingerprint density at radius 3 is 2.94 bits per heavy atom. The number of nitro groups is 1. The highest BCUT2D eigenvalue weighted by Gasteiger charge is 2.27. The van der Waals surface area contributed by atoms with Gasteiger partial charge in [0.25, 0.3) is 0 Å². The molecule has 1 N–H and O–H groups in total. The molecule has 6 heteroatoms. The van der Waals surface area contributed by atoms with Gasteiger partial charge in [0.15, 0.2) is 0 Å². The molecule has 2 aromatic rings. The molecule has 1 heterocycles. The molecular formula is C12H10N2O4. The van der Waals surface area contributed by atoms with Crippen LogP contribution in [0.15, 0.2) is 27.8 Å². The molecule has 0 spiro atoms. The maximum absolute atomic E-state index is 10.9. The average molecular weight is 246 g/mol. The van der Waals surface area contributed by atoms with Gasteiger partial charge < -0.3 is 9.62 Å². The molecule has 0 saturated heterocycles. The second kappa shape index (κ2) is 3.83. The number of rotatable bonds is 1. The summed E-state index contributed by atoms with van der Waals surface area (Å²) in [5.74, 6) is 0.665. The molecule has 1 aromatic heterocycles. The Bertz CT molecular complexity index is 672. The molecule has 0 saturated carbocycles. The van der Waals surface area contributed by atoms with Gasteiger partial charge in [-0.3, -0.25) is 10.1 Å². The molecule has 1 aliphatic carbocycles.